The quantitative estimate of drug-likeness (QED) is 0.893. The van der Waals surface area contributed by atoms with Crippen molar-refractivity contribution in [3.63, 3.8) is 0 Å². The van der Waals surface area contributed by atoms with Gasteiger partial charge in [-0.2, -0.15) is 0 Å². The third kappa shape index (κ3) is 2.56. The number of nitrogens with one attached hydrogen (secondary N) is 1. The average Bonchev–Trinajstić information content (AvgIpc) is 2.44. The third-order valence-electron chi connectivity index (χ3n) is 3.60. The standard InChI is InChI=1S/C16H22N2O/c1-5-14-11(2)15(17-3)13-8-6-7-12(9-10-19-4)16(13)18-14/h6-8H,5,9-10H2,1-4H3,(H,17,18). The molecule has 3 heteroatoms. The maximum absolute atomic E-state index is 5.19. The van der Waals surface area contributed by atoms with Gasteiger partial charge < -0.3 is 10.1 Å². The first-order chi connectivity index (χ1) is 9.22. The van der Waals surface area contributed by atoms with Gasteiger partial charge in [-0.25, -0.2) is 0 Å². The fourth-order valence-corrected chi connectivity index (χ4v) is 2.57. The number of pyridine rings is 1. The Labute approximate surface area is 115 Å². The molecule has 0 unspecified atom stereocenters. The van der Waals surface area contributed by atoms with Gasteiger partial charge in [-0.15, -0.1) is 0 Å². The van der Waals surface area contributed by atoms with Crippen molar-refractivity contribution in [2.75, 3.05) is 26.1 Å². The van der Waals surface area contributed by atoms with Gasteiger partial charge in [0.05, 0.1) is 12.1 Å². The summed E-state index contributed by atoms with van der Waals surface area (Å²) in [7, 11) is 3.71. The number of nitrogens with zero attached hydrogens (tertiary/aromatic N) is 1. The fraction of sp³-hybridized carbons (Fsp3) is 0.438. The molecule has 1 aromatic carbocycles. The molecule has 0 radical (unpaired) electrons. The largest absolute Gasteiger partial charge is 0.387 e. The summed E-state index contributed by atoms with van der Waals surface area (Å²) >= 11 is 0. The molecule has 1 N–H and O–H groups in total. The lowest BCUT2D eigenvalue weighted by molar-refractivity contribution is 0.202. The van der Waals surface area contributed by atoms with Crippen molar-refractivity contribution in [3.05, 3.63) is 35.0 Å². The number of methoxy groups -OCH3 is 1. The number of ether oxygens (including phenoxy) is 1. The lowest BCUT2D eigenvalue weighted by Crippen LogP contribution is -2.03. The molecule has 19 heavy (non-hydrogen) atoms. The van der Waals surface area contributed by atoms with Crippen LogP contribution in [-0.2, 0) is 17.6 Å². The Balaban J connectivity index is 2.67. The average molecular weight is 258 g/mol. The highest BCUT2D eigenvalue weighted by Crippen LogP contribution is 2.30. The van der Waals surface area contributed by atoms with Crippen LogP contribution in [-0.4, -0.2) is 25.7 Å². The molecule has 2 rings (SSSR count). The second-order valence-electron chi connectivity index (χ2n) is 4.72. The van der Waals surface area contributed by atoms with Crippen LogP contribution in [0.4, 0.5) is 5.69 Å². The number of rotatable bonds is 5. The lowest BCUT2D eigenvalue weighted by atomic mass is 10.0. The topological polar surface area (TPSA) is 34.1 Å². The molecule has 0 aliphatic rings. The number of hydrogen-bond donors (Lipinski definition) is 1. The van der Waals surface area contributed by atoms with E-state index in [2.05, 4.69) is 37.4 Å². The predicted molar refractivity (Wildman–Crippen MR) is 81.0 cm³/mol. The van der Waals surface area contributed by atoms with Crippen molar-refractivity contribution in [1.29, 1.82) is 0 Å². The van der Waals surface area contributed by atoms with Crippen LogP contribution in [0, 0.1) is 6.92 Å². The van der Waals surface area contributed by atoms with Gasteiger partial charge in [0.25, 0.3) is 0 Å². The molecule has 1 heterocycles. The monoisotopic (exact) mass is 258 g/mol. The van der Waals surface area contributed by atoms with Gasteiger partial charge in [-0.05, 0) is 30.9 Å². The molecular formula is C16H22N2O. The summed E-state index contributed by atoms with van der Waals surface area (Å²) in [6, 6.07) is 6.38. The maximum atomic E-state index is 5.19. The van der Waals surface area contributed by atoms with Crippen LogP contribution in [0.5, 0.6) is 0 Å². The molecular weight excluding hydrogens is 236 g/mol. The first-order valence-electron chi connectivity index (χ1n) is 6.80. The molecule has 3 nitrogen and oxygen atoms in total. The highest BCUT2D eigenvalue weighted by Gasteiger charge is 2.12. The predicted octanol–water partition coefficient (Wildman–Crippen LogP) is 3.34. The van der Waals surface area contributed by atoms with E-state index in [-0.39, 0.29) is 0 Å². The summed E-state index contributed by atoms with van der Waals surface area (Å²) in [5.74, 6) is 0. The molecule has 1 aromatic heterocycles. The Kier molecular flexibility index (Phi) is 4.38. The minimum absolute atomic E-state index is 0.727. The van der Waals surface area contributed by atoms with Crippen LogP contribution in [0.25, 0.3) is 10.9 Å². The van der Waals surface area contributed by atoms with E-state index >= 15 is 0 Å². The fourth-order valence-electron chi connectivity index (χ4n) is 2.57. The summed E-state index contributed by atoms with van der Waals surface area (Å²) < 4.78 is 5.19. The minimum Gasteiger partial charge on any atom is -0.387 e. The molecule has 0 saturated heterocycles. The number of aryl methyl sites for hydroxylation is 1. The molecule has 0 fully saturated rings. The molecule has 2 aromatic rings. The molecule has 0 amide bonds. The molecule has 102 valence electrons. The van der Waals surface area contributed by atoms with Gasteiger partial charge in [0.2, 0.25) is 0 Å². The second-order valence-corrected chi connectivity index (χ2v) is 4.72. The van der Waals surface area contributed by atoms with E-state index in [0.29, 0.717) is 0 Å². The Bertz CT molecular complexity index is 578. The number of anilines is 1. The van der Waals surface area contributed by atoms with E-state index in [9.17, 15) is 0 Å². The van der Waals surface area contributed by atoms with Gasteiger partial charge in [-0.1, -0.05) is 25.1 Å². The first kappa shape index (κ1) is 13.8. The van der Waals surface area contributed by atoms with Crippen molar-refractivity contribution in [2.45, 2.75) is 26.7 Å². The van der Waals surface area contributed by atoms with E-state index < -0.39 is 0 Å². The Morgan fingerprint density at radius 3 is 2.74 bits per heavy atom. The van der Waals surface area contributed by atoms with Crippen LogP contribution < -0.4 is 5.32 Å². The second kappa shape index (κ2) is 6.02. The van der Waals surface area contributed by atoms with E-state index in [1.165, 1.54) is 27.9 Å². The highest BCUT2D eigenvalue weighted by atomic mass is 16.5. The van der Waals surface area contributed by atoms with E-state index in [1.54, 1.807) is 7.11 Å². The van der Waals surface area contributed by atoms with E-state index in [4.69, 9.17) is 9.72 Å². The van der Waals surface area contributed by atoms with Gasteiger partial charge in [0, 0.05) is 30.9 Å². The number of benzene rings is 1. The lowest BCUT2D eigenvalue weighted by Gasteiger charge is -2.15. The Morgan fingerprint density at radius 2 is 2.11 bits per heavy atom. The highest BCUT2D eigenvalue weighted by molar-refractivity contribution is 5.95. The molecule has 0 spiro atoms. The van der Waals surface area contributed by atoms with Crippen molar-refractivity contribution >= 4 is 16.6 Å². The molecule has 0 atom stereocenters. The number of para-hydroxylation sites is 1. The number of fused-ring (bicyclic) bond motifs is 1. The first-order valence-corrected chi connectivity index (χ1v) is 6.80. The number of aromatic nitrogens is 1. The maximum Gasteiger partial charge on any atom is 0.0759 e. The summed E-state index contributed by atoms with van der Waals surface area (Å²) in [6.45, 7) is 5.02. The van der Waals surface area contributed by atoms with Crippen molar-refractivity contribution in [1.82, 2.24) is 4.98 Å². The zero-order valence-electron chi connectivity index (χ0n) is 12.2. The van der Waals surface area contributed by atoms with Crippen molar-refractivity contribution < 1.29 is 4.74 Å². The van der Waals surface area contributed by atoms with Crippen molar-refractivity contribution in [2.24, 2.45) is 0 Å². The summed E-state index contributed by atoms with van der Waals surface area (Å²) in [5.41, 5.74) is 5.97. The molecule has 0 aliphatic heterocycles. The van der Waals surface area contributed by atoms with Gasteiger partial charge >= 0.3 is 0 Å². The minimum atomic E-state index is 0.727. The van der Waals surface area contributed by atoms with Gasteiger partial charge in [0.1, 0.15) is 0 Å². The molecule has 0 saturated carbocycles. The summed E-state index contributed by atoms with van der Waals surface area (Å²) in [5, 5.41) is 4.52. The van der Waals surface area contributed by atoms with Crippen LogP contribution in [0.2, 0.25) is 0 Å². The third-order valence-corrected chi connectivity index (χ3v) is 3.60. The van der Waals surface area contributed by atoms with Crippen molar-refractivity contribution in [3.8, 4) is 0 Å². The Hall–Kier alpha value is -1.61. The van der Waals surface area contributed by atoms with E-state index in [1.807, 2.05) is 7.05 Å². The van der Waals surface area contributed by atoms with Crippen LogP contribution >= 0.6 is 0 Å². The smallest absolute Gasteiger partial charge is 0.0759 e. The van der Waals surface area contributed by atoms with Crippen LogP contribution in [0.15, 0.2) is 18.2 Å². The van der Waals surface area contributed by atoms with Crippen LogP contribution in [0.1, 0.15) is 23.7 Å². The van der Waals surface area contributed by atoms with Crippen LogP contribution in [0.3, 0.4) is 0 Å². The number of hydrogen-bond acceptors (Lipinski definition) is 3. The summed E-state index contributed by atoms with van der Waals surface area (Å²) in [4.78, 5) is 4.86. The van der Waals surface area contributed by atoms with Gasteiger partial charge in [0.15, 0.2) is 0 Å². The molecule has 0 bridgehead atoms. The summed E-state index contributed by atoms with van der Waals surface area (Å²) in [6.07, 6.45) is 1.85. The Morgan fingerprint density at radius 1 is 1.32 bits per heavy atom. The van der Waals surface area contributed by atoms with E-state index in [0.717, 1.165) is 25.0 Å². The molecule has 0 aliphatic carbocycles. The zero-order chi connectivity index (χ0) is 13.8. The zero-order valence-corrected chi connectivity index (χ0v) is 12.2. The SMILES string of the molecule is CCc1nc2c(CCOC)cccc2c(NC)c1C. The normalized spacial score (nSPS) is 10.9. The van der Waals surface area contributed by atoms with Gasteiger partial charge in [-0.3, -0.25) is 4.98 Å².